The van der Waals surface area contributed by atoms with Crippen molar-refractivity contribution in [1.29, 1.82) is 5.26 Å². The number of urea groups is 1. The fourth-order valence-corrected chi connectivity index (χ4v) is 3.62. The maximum absolute atomic E-state index is 14.3. The molecule has 0 bridgehead atoms. The number of nitriles is 1. The minimum atomic E-state index is -0.797. The maximum atomic E-state index is 14.3. The zero-order valence-corrected chi connectivity index (χ0v) is 16.1. The highest BCUT2D eigenvalue weighted by molar-refractivity contribution is 5.94. The number of nitrogens with one attached hydrogen (secondary N) is 1. The Labute approximate surface area is 171 Å². The summed E-state index contributed by atoms with van der Waals surface area (Å²) in [7, 11) is 1.46. The van der Waals surface area contributed by atoms with E-state index in [0.29, 0.717) is 29.9 Å². The topological polar surface area (TPSA) is 124 Å². The molecule has 0 spiro atoms. The Hall–Kier alpha value is -3.49. The summed E-state index contributed by atoms with van der Waals surface area (Å²) < 4.78 is 15.8. The van der Waals surface area contributed by atoms with Gasteiger partial charge in [0.25, 0.3) is 5.91 Å². The molecule has 2 aliphatic heterocycles. The highest BCUT2D eigenvalue weighted by Gasteiger charge is 2.35. The summed E-state index contributed by atoms with van der Waals surface area (Å²) in [6, 6.07) is 5.37. The standard InChI is InChI=1S/C19H19FN6O4/c1-24-18(28)17-13-9-25(6-5-14(13)23-26(17)8-12(10-27)30-24)19(29)22-15-4-2-3-11(7-21)16(15)20/h2-4,12,27H,5-6,8-10H2,1H3,(H,22,29)/t12-/m0/s1. The fourth-order valence-electron chi connectivity index (χ4n) is 3.62. The third-order valence-corrected chi connectivity index (χ3v) is 5.13. The van der Waals surface area contributed by atoms with Crippen LogP contribution in [-0.4, -0.2) is 63.1 Å². The highest BCUT2D eigenvalue weighted by Crippen LogP contribution is 2.27. The molecule has 1 aromatic carbocycles. The Morgan fingerprint density at radius 1 is 1.50 bits per heavy atom. The maximum Gasteiger partial charge on any atom is 0.322 e. The molecular weight excluding hydrogens is 395 g/mol. The summed E-state index contributed by atoms with van der Waals surface area (Å²) in [6.07, 6.45) is -0.193. The first kappa shape index (κ1) is 19.8. The van der Waals surface area contributed by atoms with Crippen molar-refractivity contribution < 1.29 is 23.9 Å². The van der Waals surface area contributed by atoms with E-state index in [1.165, 1.54) is 34.8 Å². The van der Waals surface area contributed by atoms with Gasteiger partial charge in [-0.25, -0.2) is 14.2 Å². The first-order chi connectivity index (χ1) is 14.4. The number of halogens is 1. The minimum absolute atomic E-state index is 0.0892. The quantitative estimate of drug-likeness (QED) is 0.751. The van der Waals surface area contributed by atoms with E-state index in [1.54, 1.807) is 6.07 Å². The normalized spacial score (nSPS) is 18.3. The number of aromatic nitrogens is 2. The van der Waals surface area contributed by atoms with Crippen LogP contribution < -0.4 is 5.32 Å². The van der Waals surface area contributed by atoms with Crippen LogP contribution in [0.1, 0.15) is 27.3 Å². The fraction of sp³-hybridized carbons (Fsp3) is 0.368. The molecule has 0 saturated carbocycles. The molecule has 11 heteroatoms. The van der Waals surface area contributed by atoms with Crippen molar-refractivity contribution in [3.63, 3.8) is 0 Å². The van der Waals surface area contributed by atoms with Crippen molar-refractivity contribution in [3.8, 4) is 6.07 Å². The molecule has 3 heterocycles. The Balaban J connectivity index is 1.59. The Bertz CT molecular complexity index is 1060. The van der Waals surface area contributed by atoms with E-state index < -0.39 is 23.9 Å². The summed E-state index contributed by atoms with van der Waals surface area (Å²) in [4.78, 5) is 32.3. The van der Waals surface area contributed by atoms with Crippen molar-refractivity contribution in [3.05, 3.63) is 46.5 Å². The number of hydrogen-bond acceptors (Lipinski definition) is 6. The van der Waals surface area contributed by atoms with E-state index in [1.807, 2.05) is 0 Å². The third kappa shape index (κ3) is 3.36. The van der Waals surface area contributed by atoms with Crippen molar-refractivity contribution in [2.24, 2.45) is 0 Å². The number of carbonyl (C=O) groups is 2. The average molecular weight is 414 g/mol. The molecule has 156 valence electrons. The summed E-state index contributed by atoms with van der Waals surface area (Å²) >= 11 is 0. The number of benzene rings is 1. The molecule has 0 unspecified atom stereocenters. The number of aliphatic hydroxyl groups excluding tert-OH is 1. The van der Waals surface area contributed by atoms with Crippen molar-refractivity contribution in [2.45, 2.75) is 25.6 Å². The highest BCUT2D eigenvalue weighted by atomic mass is 19.1. The number of carbonyl (C=O) groups excluding carboxylic acids is 2. The van der Waals surface area contributed by atoms with E-state index in [0.717, 1.165) is 5.06 Å². The first-order valence-corrected chi connectivity index (χ1v) is 9.31. The Morgan fingerprint density at radius 2 is 2.30 bits per heavy atom. The summed E-state index contributed by atoms with van der Waals surface area (Å²) in [5, 5.41) is 26.4. The van der Waals surface area contributed by atoms with Gasteiger partial charge < -0.3 is 15.3 Å². The van der Waals surface area contributed by atoms with Crippen LogP contribution in [0.5, 0.6) is 0 Å². The molecule has 4 rings (SSSR count). The van der Waals surface area contributed by atoms with Gasteiger partial charge in [0.1, 0.15) is 17.9 Å². The van der Waals surface area contributed by atoms with Gasteiger partial charge >= 0.3 is 6.03 Å². The molecule has 30 heavy (non-hydrogen) atoms. The lowest BCUT2D eigenvalue weighted by atomic mass is 10.1. The number of aliphatic hydroxyl groups is 1. The number of fused-ring (bicyclic) bond motifs is 3. The number of amides is 3. The zero-order chi connectivity index (χ0) is 21.4. The molecule has 0 saturated heterocycles. The molecular formula is C19H19FN6O4. The number of hydrogen-bond donors (Lipinski definition) is 2. The second kappa shape index (κ2) is 7.74. The lowest BCUT2D eigenvalue weighted by Crippen LogP contribution is -2.40. The van der Waals surface area contributed by atoms with Crippen molar-refractivity contribution in [2.75, 3.05) is 25.5 Å². The van der Waals surface area contributed by atoms with Gasteiger partial charge in [-0.1, -0.05) is 6.07 Å². The van der Waals surface area contributed by atoms with Crippen LogP contribution in [0.25, 0.3) is 0 Å². The number of nitrogens with zero attached hydrogens (tertiary/aromatic N) is 5. The number of anilines is 1. The summed E-state index contributed by atoms with van der Waals surface area (Å²) in [6.45, 7) is 0.370. The van der Waals surface area contributed by atoms with Crippen molar-refractivity contribution >= 4 is 17.6 Å². The van der Waals surface area contributed by atoms with E-state index in [-0.39, 0.29) is 30.9 Å². The van der Waals surface area contributed by atoms with Crippen LogP contribution in [-0.2, 0) is 24.3 Å². The Morgan fingerprint density at radius 3 is 3.03 bits per heavy atom. The van der Waals surface area contributed by atoms with Gasteiger partial charge in [-0.2, -0.15) is 10.4 Å². The number of hydroxylamine groups is 2. The molecule has 2 N–H and O–H groups in total. The van der Waals surface area contributed by atoms with Gasteiger partial charge in [-0.3, -0.25) is 14.3 Å². The lowest BCUT2D eigenvalue weighted by molar-refractivity contribution is -0.159. The molecule has 1 aromatic heterocycles. The van der Waals surface area contributed by atoms with Crippen LogP contribution in [0, 0.1) is 17.1 Å². The summed E-state index contributed by atoms with van der Waals surface area (Å²) in [5.41, 5.74) is 1.35. The molecule has 0 radical (unpaired) electrons. The average Bonchev–Trinajstić information content (AvgIpc) is 3.05. The second-order valence-electron chi connectivity index (χ2n) is 7.05. The van der Waals surface area contributed by atoms with Gasteiger partial charge in [0.2, 0.25) is 0 Å². The van der Waals surface area contributed by atoms with E-state index >= 15 is 0 Å². The van der Waals surface area contributed by atoms with E-state index in [9.17, 15) is 19.1 Å². The predicted octanol–water partition coefficient (Wildman–Crippen LogP) is 0.862. The van der Waals surface area contributed by atoms with Crippen LogP contribution in [0.4, 0.5) is 14.9 Å². The van der Waals surface area contributed by atoms with Crippen LogP contribution in [0.3, 0.4) is 0 Å². The molecule has 3 amide bonds. The molecule has 2 aromatic rings. The Kier molecular flexibility index (Phi) is 5.11. The van der Waals surface area contributed by atoms with E-state index in [2.05, 4.69) is 10.4 Å². The van der Waals surface area contributed by atoms with Crippen LogP contribution in [0.2, 0.25) is 0 Å². The number of rotatable bonds is 2. The predicted molar refractivity (Wildman–Crippen MR) is 101 cm³/mol. The van der Waals surface area contributed by atoms with Crippen LogP contribution in [0.15, 0.2) is 18.2 Å². The molecule has 10 nitrogen and oxygen atoms in total. The van der Waals surface area contributed by atoms with Crippen molar-refractivity contribution in [1.82, 2.24) is 19.7 Å². The second-order valence-corrected chi connectivity index (χ2v) is 7.05. The van der Waals surface area contributed by atoms with Crippen LogP contribution >= 0.6 is 0 Å². The smallest absolute Gasteiger partial charge is 0.322 e. The van der Waals surface area contributed by atoms with Gasteiger partial charge in [0, 0.05) is 25.6 Å². The largest absolute Gasteiger partial charge is 0.393 e. The molecule has 1 atom stereocenters. The van der Waals surface area contributed by atoms with Gasteiger partial charge in [0.05, 0.1) is 36.6 Å². The molecule has 2 aliphatic rings. The minimum Gasteiger partial charge on any atom is -0.393 e. The first-order valence-electron chi connectivity index (χ1n) is 9.31. The van der Waals surface area contributed by atoms with E-state index in [4.69, 9.17) is 10.1 Å². The molecule has 0 aliphatic carbocycles. The van der Waals surface area contributed by atoms with Gasteiger partial charge in [0.15, 0.2) is 5.82 Å². The van der Waals surface area contributed by atoms with Gasteiger partial charge in [-0.05, 0) is 12.1 Å². The SMILES string of the molecule is CN1O[C@H](CO)Cn2nc3c(c2C1=O)CN(C(=O)Nc1cccc(C#N)c1F)CC3. The third-order valence-electron chi connectivity index (χ3n) is 5.13. The summed E-state index contributed by atoms with van der Waals surface area (Å²) in [5.74, 6) is -1.22. The zero-order valence-electron chi connectivity index (χ0n) is 16.1. The lowest BCUT2D eigenvalue weighted by Gasteiger charge is -2.27. The molecule has 0 fully saturated rings. The van der Waals surface area contributed by atoms with Gasteiger partial charge in [-0.15, -0.1) is 0 Å². The monoisotopic (exact) mass is 414 g/mol.